The van der Waals surface area contributed by atoms with Crippen LogP contribution in [0.2, 0.25) is 10.0 Å². The van der Waals surface area contributed by atoms with Crippen LogP contribution in [0, 0.1) is 0 Å². The molecule has 7 rings (SSSR count). The number of aromatic nitrogens is 6. The third-order valence-electron chi connectivity index (χ3n) is 8.80. The Bertz CT molecular complexity index is 2030. The number of fused-ring (bicyclic) bond motifs is 1. The Morgan fingerprint density at radius 2 is 1.70 bits per heavy atom. The minimum Gasteiger partial charge on any atom is -0.491 e. The van der Waals surface area contributed by atoms with Crippen LogP contribution in [0.5, 0.6) is 5.75 Å². The molecule has 0 radical (unpaired) electrons. The van der Waals surface area contributed by atoms with E-state index in [0.29, 0.717) is 65.6 Å². The van der Waals surface area contributed by atoms with E-state index in [4.69, 9.17) is 37.4 Å². The number of imidazole rings is 2. The summed E-state index contributed by atoms with van der Waals surface area (Å²) in [6, 6.07) is 13.3. The van der Waals surface area contributed by atoms with E-state index >= 15 is 0 Å². The number of hydrogen-bond donors (Lipinski definition) is 0. The highest BCUT2D eigenvalue weighted by atomic mass is 35.5. The zero-order valence-electron chi connectivity index (χ0n) is 26.2. The summed E-state index contributed by atoms with van der Waals surface area (Å²) in [5, 5.41) is 0.991. The molecule has 2 saturated heterocycles. The zero-order chi connectivity index (χ0) is 32.9. The van der Waals surface area contributed by atoms with Crippen LogP contribution in [-0.4, -0.2) is 73.7 Å². The van der Waals surface area contributed by atoms with Crippen molar-refractivity contribution < 1.29 is 14.2 Å². The Labute approximate surface area is 280 Å². The monoisotopic (exact) mass is 680 g/mol. The van der Waals surface area contributed by atoms with Gasteiger partial charge in [0.15, 0.2) is 11.2 Å². The predicted molar refractivity (Wildman–Crippen MR) is 179 cm³/mol. The molecule has 2 aromatic carbocycles. The highest BCUT2D eigenvalue weighted by Gasteiger charge is 2.45. The summed E-state index contributed by atoms with van der Waals surface area (Å²) in [6.45, 7) is 3.93. The molecule has 2 atom stereocenters. The fourth-order valence-corrected chi connectivity index (χ4v) is 6.82. The Morgan fingerprint density at radius 1 is 0.957 bits per heavy atom. The fraction of sp³-hybridized carbons (Fsp3) is 0.375. The highest BCUT2D eigenvalue weighted by Crippen LogP contribution is 2.40. The predicted octanol–water partition coefficient (Wildman–Crippen LogP) is 3.15. The Morgan fingerprint density at radius 3 is 2.40 bits per heavy atom. The molecule has 0 saturated carbocycles. The van der Waals surface area contributed by atoms with Gasteiger partial charge >= 0.3 is 5.69 Å². The number of rotatable bonds is 8. The molecule has 47 heavy (non-hydrogen) atoms. The van der Waals surface area contributed by atoms with Gasteiger partial charge in [-0.05, 0) is 36.4 Å². The number of benzene rings is 2. The van der Waals surface area contributed by atoms with Gasteiger partial charge in [0.2, 0.25) is 11.7 Å². The maximum atomic E-state index is 12.8. The van der Waals surface area contributed by atoms with Crippen molar-refractivity contribution in [3.8, 4) is 5.75 Å². The van der Waals surface area contributed by atoms with E-state index in [0.717, 1.165) is 29.1 Å². The van der Waals surface area contributed by atoms with Crippen LogP contribution in [0.3, 0.4) is 0 Å². The third-order valence-corrected chi connectivity index (χ3v) is 9.35. The second kappa shape index (κ2) is 12.4. The van der Waals surface area contributed by atoms with Crippen LogP contribution in [0.15, 0.2) is 70.8 Å². The van der Waals surface area contributed by atoms with Gasteiger partial charge in [0.05, 0.1) is 24.5 Å². The van der Waals surface area contributed by atoms with Crippen molar-refractivity contribution >= 4 is 46.0 Å². The standard InChI is InChI=1S/C32H34Cl2N8O5/c1-37-27-28(38(2)31(44)39(3)29(27)43)36-30(37)42-14-12-41(13-15-42)22-5-7-23(8-6-22)45-17-24-18-46-32(47-24,19-40-11-10-35-20-40)25-9-4-21(33)16-26(25)34/h4-11,16,20,24H,12-15,17-19H2,1-3H3/t24-,32-/m1/s1. The molecule has 2 fully saturated rings. The molecule has 0 bridgehead atoms. The molecular weight excluding hydrogens is 647 g/mol. The minimum absolute atomic E-state index is 0.293. The lowest BCUT2D eigenvalue weighted by atomic mass is 10.1. The van der Waals surface area contributed by atoms with Crippen molar-refractivity contribution in [2.24, 2.45) is 21.1 Å². The van der Waals surface area contributed by atoms with Crippen molar-refractivity contribution in [3.63, 3.8) is 0 Å². The lowest BCUT2D eigenvalue weighted by Gasteiger charge is -2.36. The number of aryl methyl sites for hydroxylation is 2. The number of ether oxygens (including phenoxy) is 3. The molecular formula is C32H34Cl2N8O5. The van der Waals surface area contributed by atoms with E-state index in [1.54, 1.807) is 36.3 Å². The van der Waals surface area contributed by atoms with Gasteiger partial charge in [-0.3, -0.25) is 13.9 Å². The van der Waals surface area contributed by atoms with Crippen LogP contribution in [0.4, 0.5) is 11.6 Å². The molecule has 13 nitrogen and oxygen atoms in total. The van der Waals surface area contributed by atoms with E-state index < -0.39 is 11.5 Å². The number of halogens is 2. The van der Waals surface area contributed by atoms with E-state index in [9.17, 15) is 9.59 Å². The van der Waals surface area contributed by atoms with Crippen molar-refractivity contribution in [1.82, 2.24) is 28.2 Å². The first-order valence-corrected chi connectivity index (χ1v) is 16.0. The summed E-state index contributed by atoms with van der Waals surface area (Å²) in [5.74, 6) is 0.280. The number of hydrogen-bond acceptors (Lipinski definition) is 9. The van der Waals surface area contributed by atoms with Gasteiger partial charge in [-0.15, -0.1) is 0 Å². The first-order valence-electron chi connectivity index (χ1n) is 15.2. The second-order valence-electron chi connectivity index (χ2n) is 11.8. The molecule has 0 unspecified atom stereocenters. The normalized spacial score (nSPS) is 20.0. The van der Waals surface area contributed by atoms with Crippen LogP contribution in [-0.2, 0) is 42.9 Å². The minimum atomic E-state index is -1.12. The molecule has 0 spiro atoms. The van der Waals surface area contributed by atoms with Crippen LogP contribution in [0.25, 0.3) is 11.2 Å². The van der Waals surface area contributed by atoms with Crippen molar-refractivity contribution in [2.45, 2.75) is 18.4 Å². The highest BCUT2D eigenvalue weighted by molar-refractivity contribution is 6.35. The van der Waals surface area contributed by atoms with Crippen molar-refractivity contribution in [3.05, 3.63) is 97.6 Å². The first kappa shape index (κ1) is 31.3. The lowest BCUT2D eigenvalue weighted by molar-refractivity contribution is -0.189. The third kappa shape index (κ3) is 5.77. The molecule has 0 N–H and O–H groups in total. The number of nitrogens with zero attached hydrogens (tertiary/aromatic N) is 8. The van der Waals surface area contributed by atoms with Gasteiger partial charge in [0.1, 0.15) is 18.5 Å². The van der Waals surface area contributed by atoms with Crippen LogP contribution >= 0.6 is 23.2 Å². The maximum absolute atomic E-state index is 12.8. The average Bonchev–Trinajstić information content (AvgIpc) is 3.82. The molecule has 2 aliphatic rings. The summed E-state index contributed by atoms with van der Waals surface area (Å²) >= 11 is 12.7. The van der Waals surface area contributed by atoms with E-state index in [1.807, 2.05) is 48.1 Å². The van der Waals surface area contributed by atoms with Gasteiger partial charge in [-0.25, -0.2) is 9.78 Å². The Balaban J connectivity index is 0.979. The van der Waals surface area contributed by atoms with Crippen molar-refractivity contribution in [1.29, 1.82) is 0 Å². The average molecular weight is 682 g/mol. The molecule has 15 heteroatoms. The number of piperazine rings is 1. The lowest BCUT2D eigenvalue weighted by Crippen LogP contribution is -2.47. The van der Waals surface area contributed by atoms with Gasteiger partial charge < -0.3 is 33.1 Å². The first-order chi connectivity index (χ1) is 22.6. The molecule has 0 aliphatic carbocycles. The summed E-state index contributed by atoms with van der Waals surface area (Å²) < 4.78 is 25.1. The smallest absolute Gasteiger partial charge is 0.332 e. The Hall–Kier alpha value is -4.30. The quantitative estimate of drug-likeness (QED) is 0.244. The fourth-order valence-electron chi connectivity index (χ4n) is 6.27. The van der Waals surface area contributed by atoms with Crippen molar-refractivity contribution in [2.75, 3.05) is 49.2 Å². The summed E-state index contributed by atoms with van der Waals surface area (Å²) in [6.07, 6.45) is 4.92. The van der Waals surface area contributed by atoms with Gasteiger partial charge in [-0.2, -0.15) is 4.98 Å². The van der Waals surface area contributed by atoms with Gasteiger partial charge in [-0.1, -0.05) is 29.3 Å². The zero-order valence-corrected chi connectivity index (χ0v) is 27.7. The SMILES string of the molecule is Cn1c(=O)c2c(nc(N3CCN(c4ccc(OC[C@@H]5CO[C@@](Cn6ccnc6)(c6ccc(Cl)cc6Cl)O5)cc4)CC3)n2C)n(C)c1=O. The van der Waals surface area contributed by atoms with E-state index in [2.05, 4.69) is 19.8 Å². The topological polar surface area (TPSA) is 114 Å². The Kier molecular flexibility index (Phi) is 8.25. The van der Waals surface area contributed by atoms with Crippen LogP contribution in [0.1, 0.15) is 5.56 Å². The largest absolute Gasteiger partial charge is 0.491 e. The summed E-state index contributed by atoms with van der Waals surface area (Å²) in [4.78, 5) is 38.5. The molecule has 3 aromatic heterocycles. The molecule has 0 amide bonds. The van der Waals surface area contributed by atoms with E-state index in [-0.39, 0.29) is 11.7 Å². The summed E-state index contributed by atoms with van der Waals surface area (Å²) in [5.41, 5.74) is 1.83. The summed E-state index contributed by atoms with van der Waals surface area (Å²) in [7, 11) is 4.93. The second-order valence-corrected chi connectivity index (χ2v) is 12.6. The maximum Gasteiger partial charge on any atom is 0.332 e. The number of anilines is 2. The molecule has 5 heterocycles. The molecule has 2 aliphatic heterocycles. The van der Waals surface area contributed by atoms with E-state index in [1.165, 1.54) is 11.6 Å². The van der Waals surface area contributed by atoms with Crippen LogP contribution < -0.4 is 25.8 Å². The molecule has 5 aromatic rings. The van der Waals surface area contributed by atoms with Gasteiger partial charge in [0, 0.05) is 76.0 Å². The van der Waals surface area contributed by atoms with Gasteiger partial charge in [0.25, 0.3) is 5.56 Å². The molecule has 246 valence electrons.